The molecular formula is C25H18Br2N2O5. The van der Waals surface area contributed by atoms with Crippen LogP contribution in [0.3, 0.4) is 0 Å². The SMILES string of the molecule is COc1ccc(/C=C2\C(=O)NC(=O)N(c3ccc(Br)cc3)C2=O)c(OCc2ccc(Br)cc2)c1. The number of carbonyl (C=O) groups excluding carboxylic acids is 3. The Balaban J connectivity index is 1.67. The summed E-state index contributed by atoms with van der Waals surface area (Å²) >= 11 is 6.73. The zero-order chi connectivity index (χ0) is 24.2. The number of carbonyl (C=O) groups is 3. The molecule has 0 radical (unpaired) electrons. The Kier molecular flexibility index (Phi) is 7.14. The summed E-state index contributed by atoms with van der Waals surface area (Å²) in [5, 5.41) is 2.23. The first-order valence-corrected chi connectivity index (χ1v) is 11.7. The second kappa shape index (κ2) is 10.2. The van der Waals surface area contributed by atoms with Crippen molar-refractivity contribution >= 4 is 61.5 Å². The molecule has 1 N–H and O–H groups in total. The van der Waals surface area contributed by atoms with Gasteiger partial charge in [0.05, 0.1) is 12.8 Å². The number of methoxy groups -OCH3 is 1. The molecule has 1 aliphatic rings. The van der Waals surface area contributed by atoms with Gasteiger partial charge >= 0.3 is 6.03 Å². The van der Waals surface area contributed by atoms with Crippen LogP contribution in [0.25, 0.3) is 6.08 Å². The van der Waals surface area contributed by atoms with Crippen molar-refractivity contribution in [1.29, 1.82) is 0 Å². The maximum absolute atomic E-state index is 13.2. The summed E-state index contributed by atoms with van der Waals surface area (Å²) in [6.45, 7) is 0.264. The fraction of sp³-hybridized carbons (Fsp3) is 0.0800. The second-order valence-electron chi connectivity index (χ2n) is 7.25. The van der Waals surface area contributed by atoms with Crippen LogP contribution in [0.15, 0.2) is 81.2 Å². The van der Waals surface area contributed by atoms with Crippen LogP contribution in [-0.4, -0.2) is 25.0 Å². The average Bonchev–Trinajstić information content (AvgIpc) is 2.83. The Morgan fingerprint density at radius 1 is 0.912 bits per heavy atom. The molecule has 4 amide bonds. The van der Waals surface area contributed by atoms with E-state index in [2.05, 4.69) is 37.2 Å². The van der Waals surface area contributed by atoms with Gasteiger partial charge in [0, 0.05) is 20.6 Å². The molecule has 0 spiro atoms. The first-order valence-electron chi connectivity index (χ1n) is 10.1. The molecule has 9 heteroatoms. The van der Waals surface area contributed by atoms with Crippen molar-refractivity contribution < 1.29 is 23.9 Å². The smallest absolute Gasteiger partial charge is 0.335 e. The van der Waals surface area contributed by atoms with E-state index in [1.54, 1.807) is 42.5 Å². The summed E-state index contributed by atoms with van der Waals surface area (Å²) in [6.07, 6.45) is 1.41. The van der Waals surface area contributed by atoms with Crippen molar-refractivity contribution in [2.75, 3.05) is 12.0 Å². The summed E-state index contributed by atoms with van der Waals surface area (Å²) in [5.74, 6) is -0.537. The van der Waals surface area contributed by atoms with Crippen molar-refractivity contribution in [1.82, 2.24) is 5.32 Å². The first kappa shape index (κ1) is 23.7. The number of ether oxygens (including phenoxy) is 2. The van der Waals surface area contributed by atoms with Gasteiger partial charge < -0.3 is 9.47 Å². The highest BCUT2D eigenvalue weighted by molar-refractivity contribution is 9.10. The van der Waals surface area contributed by atoms with Crippen LogP contribution in [0, 0.1) is 0 Å². The molecule has 1 saturated heterocycles. The van der Waals surface area contributed by atoms with E-state index in [4.69, 9.17) is 9.47 Å². The standard InChI is InChI=1S/C25H18Br2N2O5/c1-33-20-11-4-16(22(13-20)34-14-15-2-5-17(26)6-3-15)12-21-23(30)28-25(32)29(24(21)31)19-9-7-18(27)8-10-19/h2-13H,14H2,1H3,(H,28,30,32)/b21-12+. The minimum Gasteiger partial charge on any atom is -0.497 e. The number of hydrogen-bond acceptors (Lipinski definition) is 5. The summed E-state index contributed by atoms with van der Waals surface area (Å²) < 4.78 is 13.0. The van der Waals surface area contributed by atoms with E-state index in [1.807, 2.05) is 24.3 Å². The van der Waals surface area contributed by atoms with Crippen LogP contribution in [0.2, 0.25) is 0 Å². The van der Waals surface area contributed by atoms with Gasteiger partial charge in [0.1, 0.15) is 23.7 Å². The van der Waals surface area contributed by atoms with Gasteiger partial charge in [-0.15, -0.1) is 0 Å². The van der Waals surface area contributed by atoms with Crippen molar-refractivity contribution in [3.63, 3.8) is 0 Å². The van der Waals surface area contributed by atoms with E-state index < -0.39 is 17.8 Å². The number of barbiturate groups is 1. The van der Waals surface area contributed by atoms with Gasteiger partial charge in [-0.1, -0.05) is 44.0 Å². The molecule has 0 bridgehead atoms. The molecule has 0 saturated carbocycles. The molecule has 0 unspecified atom stereocenters. The first-order chi connectivity index (χ1) is 16.4. The fourth-order valence-electron chi connectivity index (χ4n) is 3.27. The topological polar surface area (TPSA) is 84.9 Å². The lowest BCUT2D eigenvalue weighted by Crippen LogP contribution is -2.54. The lowest BCUT2D eigenvalue weighted by Gasteiger charge is -2.26. The highest BCUT2D eigenvalue weighted by atomic mass is 79.9. The normalized spacial score (nSPS) is 14.9. The summed E-state index contributed by atoms with van der Waals surface area (Å²) in [6, 6.07) is 18.5. The number of rotatable bonds is 6. The Labute approximate surface area is 212 Å². The Hall–Kier alpha value is -3.43. The van der Waals surface area contributed by atoms with E-state index >= 15 is 0 Å². The molecule has 34 heavy (non-hydrogen) atoms. The molecule has 0 aromatic heterocycles. The van der Waals surface area contributed by atoms with Crippen molar-refractivity contribution in [3.8, 4) is 11.5 Å². The maximum atomic E-state index is 13.2. The minimum atomic E-state index is -0.809. The number of halogens is 2. The lowest BCUT2D eigenvalue weighted by molar-refractivity contribution is -0.122. The predicted molar refractivity (Wildman–Crippen MR) is 135 cm³/mol. The summed E-state index contributed by atoms with van der Waals surface area (Å²) in [5.41, 5.74) is 1.57. The van der Waals surface area contributed by atoms with Gasteiger partial charge in [-0.25, -0.2) is 9.69 Å². The third-order valence-electron chi connectivity index (χ3n) is 5.01. The molecule has 3 aromatic carbocycles. The summed E-state index contributed by atoms with van der Waals surface area (Å²) in [7, 11) is 1.53. The van der Waals surface area contributed by atoms with Crippen molar-refractivity contribution in [2.24, 2.45) is 0 Å². The van der Waals surface area contributed by atoms with Crippen molar-refractivity contribution in [2.45, 2.75) is 6.61 Å². The van der Waals surface area contributed by atoms with Gasteiger partial charge in [-0.2, -0.15) is 0 Å². The largest absolute Gasteiger partial charge is 0.497 e. The van der Waals surface area contributed by atoms with Crippen LogP contribution in [0.5, 0.6) is 11.5 Å². The van der Waals surface area contributed by atoms with Gasteiger partial charge in [-0.3, -0.25) is 14.9 Å². The highest BCUT2D eigenvalue weighted by Crippen LogP contribution is 2.30. The molecule has 0 aliphatic carbocycles. The number of imide groups is 2. The van der Waals surface area contributed by atoms with E-state index in [-0.39, 0.29) is 12.2 Å². The van der Waals surface area contributed by atoms with Crippen LogP contribution >= 0.6 is 31.9 Å². The zero-order valence-corrected chi connectivity index (χ0v) is 21.1. The minimum absolute atomic E-state index is 0.193. The molecule has 1 aliphatic heterocycles. The predicted octanol–water partition coefficient (Wildman–Crippen LogP) is 5.47. The van der Waals surface area contributed by atoms with E-state index in [0.29, 0.717) is 22.7 Å². The monoisotopic (exact) mass is 584 g/mol. The Bertz CT molecular complexity index is 1290. The number of nitrogens with zero attached hydrogens (tertiary/aromatic N) is 1. The van der Waals surface area contributed by atoms with E-state index in [9.17, 15) is 14.4 Å². The second-order valence-corrected chi connectivity index (χ2v) is 9.08. The number of anilines is 1. The summed E-state index contributed by atoms with van der Waals surface area (Å²) in [4.78, 5) is 39.1. The van der Waals surface area contributed by atoms with Crippen LogP contribution in [0.4, 0.5) is 10.5 Å². The lowest BCUT2D eigenvalue weighted by atomic mass is 10.1. The zero-order valence-electron chi connectivity index (χ0n) is 17.9. The molecule has 3 aromatic rings. The van der Waals surface area contributed by atoms with Crippen LogP contribution < -0.4 is 19.7 Å². The third kappa shape index (κ3) is 5.21. The maximum Gasteiger partial charge on any atom is 0.335 e. The molecule has 4 rings (SSSR count). The molecule has 172 valence electrons. The average molecular weight is 586 g/mol. The third-order valence-corrected chi connectivity index (χ3v) is 6.07. The molecule has 7 nitrogen and oxygen atoms in total. The molecule has 1 fully saturated rings. The molecule has 1 heterocycles. The molecular weight excluding hydrogens is 568 g/mol. The number of hydrogen-bond donors (Lipinski definition) is 1. The fourth-order valence-corrected chi connectivity index (χ4v) is 3.79. The Morgan fingerprint density at radius 3 is 2.21 bits per heavy atom. The number of benzene rings is 3. The van der Waals surface area contributed by atoms with Gasteiger partial charge in [0.15, 0.2) is 0 Å². The van der Waals surface area contributed by atoms with Gasteiger partial charge in [-0.05, 0) is 60.2 Å². The van der Waals surface area contributed by atoms with Crippen LogP contribution in [-0.2, 0) is 16.2 Å². The van der Waals surface area contributed by atoms with Crippen LogP contribution in [0.1, 0.15) is 11.1 Å². The van der Waals surface area contributed by atoms with Crippen molar-refractivity contribution in [3.05, 3.63) is 92.4 Å². The Morgan fingerprint density at radius 2 is 1.56 bits per heavy atom. The highest BCUT2D eigenvalue weighted by Gasteiger charge is 2.37. The number of nitrogens with one attached hydrogen (secondary N) is 1. The van der Waals surface area contributed by atoms with E-state index in [1.165, 1.54) is 13.2 Å². The van der Waals surface area contributed by atoms with Gasteiger partial charge in [0.2, 0.25) is 0 Å². The quantitative estimate of drug-likeness (QED) is 0.306. The number of urea groups is 1. The molecule has 0 atom stereocenters. The van der Waals surface area contributed by atoms with E-state index in [0.717, 1.165) is 19.4 Å². The van der Waals surface area contributed by atoms with Gasteiger partial charge in [0.25, 0.3) is 11.8 Å². The number of amides is 4.